The lowest BCUT2D eigenvalue weighted by Gasteiger charge is -2.42. The molecule has 1 aromatic carbocycles. The van der Waals surface area contributed by atoms with Crippen LogP contribution >= 0.6 is 0 Å². The summed E-state index contributed by atoms with van der Waals surface area (Å²) < 4.78 is 5.40. The topological polar surface area (TPSA) is 82.2 Å². The van der Waals surface area contributed by atoms with E-state index in [1.807, 2.05) is 35.2 Å². The Balaban J connectivity index is 1.88. The van der Waals surface area contributed by atoms with Crippen LogP contribution in [0.1, 0.15) is 45.7 Å². The molecule has 1 saturated heterocycles. The van der Waals surface area contributed by atoms with Gasteiger partial charge in [-0.1, -0.05) is 44.2 Å². The first-order valence-corrected chi connectivity index (χ1v) is 11.7. The zero-order chi connectivity index (χ0) is 24.1. The molecule has 0 radical (unpaired) electrons. The molecule has 3 rings (SSSR count). The fraction of sp³-hybridized carbons (Fsp3) is 0.560. The minimum absolute atomic E-state index is 0.0595. The van der Waals surface area contributed by atoms with Gasteiger partial charge in [0.2, 0.25) is 5.91 Å². The van der Waals surface area contributed by atoms with E-state index < -0.39 is 12.0 Å². The highest BCUT2D eigenvalue weighted by atomic mass is 16.5. The molecular formula is C25H36N4O4. The smallest absolute Gasteiger partial charge is 0.338 e. The van der Waals surface area contributed by atoms with E-state index in [4.69, 9.17) is 4.74 Å². The molecule has 2 unspecified atom stereocenters. The number of likely N-dealkylation sites (N-methyl/N-ethyl adjacent to an activating group) is 1. The van der Waals surface area contributed by atoms with Crippen LogP contribution in [0.15, 0.2) is 41.6 Å². The monoisotopic (exact) mass is 456 g/mol. The van der Waals surface area contributed by atoms with Crippen LogP contribution in [0.3, 0.4) is 0 Å². The molecule has 0 spiro atoms. The Bertz CT molecular complexity index is 899. The molecule has 1 fully saturated rings. The number of carbonyl (C=O) groups is 3. The van der Waals surface area contributed by atoms with Crippen molar-refractivity contribution in [1.29, 1.82) is 0 Å². The SMILES string of the molecule is CCOC(=O)C1=C(CN2CCN(C(=O)CC(C)C)C(C)C2)N(C)C(=O)NC1c1ccccc1. The number of urea groups is 1. The number of carbonyl (C=O) groups excluding carboxylic acids is 3. The molecule has 8 heteroatoms. The third kappa shape index (κ3) is 5.74. The average molecular weight is 457 g/mol. The van der Waals surface area contributed by atoms with Gasteiger partial charge in [-0.15, -0.1) is 0 Å². The first kappa shape index (κ1) is 24.8. The van der Waals surface area contributed by atoms with Crippen LogP contribution in [0, 0.1) is 5.92 Å². The molecule has 0 aromatic heterocycles. The van der Waals surface area contributed by atoms with Crippen LogP contribution in [-0.4, -0.2) is 78.5 Å². The van der Waals surface area contributed by atoms with Crippen LogP contribution in [-0.2, 0) is 14.3 Å². The summed E-state index contributed by atoms with van der Waals surface area (Å²) >= 11 is 0. The van der Waals surface area contributed by atoms with E-state index in [1.54, 1.807) is 14.0 Å². The Labute approximate surface area is 196 Å². The molecule has 2 aliphatic rings. The Morgan fingerprint density at radius 3 is 2.48 bits per heavy atom. The molecule has 2 aliphatic heterocycles. The highest BCUT2D eigenvalue weighted by molar-refractivity contribution is 5.95. The van der Waals surface area contributed by atoms with Crippen molar-refractivity contribution >= 4 is 17.9 Å². The van der Waals surface area contributed by atoms with Gasteiger partial charge in [0.15, 0.2) is 0 Å². The van der Waals surface area contributed by atoms with Gasteiger partial charge in [-0.2, -0.15) is 0 Å². The van der Waals surface area contributed by atoms with Crippen molar-refractivity contribution in [2.75, 3.05) is 39.8 Å². The van der Waals surface area contributed by atoms with Crippen LogP contribution < -0.4 is 5.32 Å². The fourth-order valence-corrected chi connectivity index (χ4v) is 4.52. The summed E-state index contributed by atoms with van der Waals surface area (Å²) in [5, 5.41) is 2.94. The number of hydrogen-bond donors (Lipinski definition) is 1. The Kier molecular flexibility index (Phi) is 8.13. The number of piperazine rings is 1. The summed E-state index contributed by atoms with van der Waals surface area (Å²) in [5.41, 5.74) is 1.92. The van der Waals surface area contributed by atoms with Crippen molar-refractivity contribution in [3.8, 4) is 0 Å². The van der Waals surface area contributed by atoms with Gasteiger partial charge in [-0.05, 0) is 25.3 Å². The van der Waals surface area contributed by atoms with E-state index in [0.29, 0.717) is 49.8 Å². The normalized spacial score (nSPS) is 21.9. The van der Waals surface area contributed by atoms with Gasteiger partial charge in [0.1, 0.15) is 0 Å². The van der Waals surface area contributed by atoms with Crippen molar-refractivity contribution in [1.82, 2.24) is 20.0 Å². The lowest BCUT2D eigenvalue weighted by Crippen LogP contribution is -2.56. The molecule has 33 heavy (non-hydrogen) atoms. The van der Waals surface area contributed by atoms with E-state index in [2.05, 4.69) is 31.0 Å². The van der Waals surface area contributed by atoms with E-state index >= 15 is 0 Å². The molecule has 1 N–H and O–H groups in total. The van der Waals surface area contributed by atoms with Gasteiger partial charge in [0.05, 0.1) is 18.2 Å². The molecule has 3 amide bonds. The molecule has 0 aliphatic carbocycles. The lowest BCUT2D eigenvalue weighted by atomic mass is 9.94. The van der Waals surface area contributed by atoms with E-state index in [9.17, 15) is 14.4 Å². The Morgan fingerprint density at radius 2 is 1.88 bits per heavy atom. The van der Waals surface area contributed by atoms with Gasteiger partial charge < -0.3 is 15.0 Å². The highest BCUT2D eigenvalue weighted by Crippen LogP contribution is 2.31. The summed E-state index contributed by atoms with van der Waals surface area (Å²) in [5.74, 6) is 0.0817. The number of benzene rings is 1. The van der Waals surface area contributed by atoms with Crippen LogP contribution in [0.25, 0.3) is 0 Å². The van der Waals surface area contributed by atoms with Crippen molar-refractivity contribution in [3.63, 3.8) is 0 Å². The molecule has 1 aromatic rings. The number of esters is 1. The third-order valence-electron chi connectivity index (χ3n) is 6.19. The zero-order valence-electron chi connectivity index (χ0n) is 20.3. The fourth-order valence-electron chi connectivity index (χ4n) is 4.52. The average Bonchev–Trinajstić information content (AvgIpc) is 2.77. The maximum atomic E-state index is 13.1. The van der Waals surface area contributed by atoms with Gasteiger partial charge in [-0.3, -0.25) is 14.6 Å². The first-order chi connectivity index (χ1) is 15.7. The lowest BCUT2D eigenvalue weighted by molar-refractivity contribution is -0.139. The number of ether oxygens (including phenoxy) is 1. The maximum Gasteiger partial charge on any atom is 0.338 e. The molecular weight excluding hydrogens is 420 g/mol. The summed E-state index contributed by atoms with van der Waals surface area (Å²) in [6, 6.07) is 8.69. The second-order valence-electron chi connectivity index (χ2n) is 9.20. The van der Waals surface area contributed by atoms with Crippen molar-refractivity contribution < 1.29 is 19.1 Å². The third-order valence-corrected chi connectivity index (χ3v) is 6.19. The summed E-state index contributed by atoms with van der Waals surface area (Å²) in [6.45, 7) is 10.6. The second kappa shape index (κ2) is 10.8. The van der Waals surface area contributed by atoms with Crippen molar-refractivity contribution in [2.24, 2.45) is 5.92 Å². The quantitative estimate of drug-likeness (QED) is 0.638. The zero-order valence-corrected chi connectivity index (χ0v) is 20.3. The largest absolute Gasteiger partial charge is 0.463 e. The molecule has 0 bridgehead atoms. The van der Waals surface area contributed by atoms with Gasteiger partial charge in [0, 0.05) is 51.4 Å². The van der Waals surface area contributed by atoms with Crippen LogP contribution in [0.4, 0.5) is 4.79 Å². The van der Waals surface area contributed by atoms with Crippen molar-refractivity contribution in [2.45, 2.75) is 46.2 Å². The van der Waals surface area contributed by atoms with Crippen molar-refractivity contribution in [3.05, 3.63) is 47.2 Å². The van der Waals surface area contributed by atoms with Gasteiger partial charge in [-0.25, -0.2) is 9.59 Å². The molecule has 180 valence electrons. The Morgan fingerprint density at radius 1 is 1.18 bits per heavy atom. The molecule has 8 nitrogen and oxygen atoms in total. The molecule has 2 heterocycles. The predicted octanol–water partition coefficient (Wildman–Crippen LogP) is 2.78. The number of nitrogens with one attached hydrogen (secondary N) is 1. The Hall–Kier alpha value is -2.87. The van der Waals surface area contributed by atoms with Crippen LogP contribution in [0.5, 0.6) is 0 Å². The number of rotatable bonds is 7. The minimum Gasteiger partial charge on any atom is -0.463 e. The van der Waals surface area contributed by atoms with Gasteiger partial charge in [0.25, 0.3) is 0 Å². The van der Waals surface area contributed by atoms with E-state index in [0.717, 1.165) is 5.56 Å². The van der Waals surface area contributed by atoms with E-state index in [1.165, 1.54) is 4.90 Å². The first-order valence-electron chi connectivity index (χ1n) is 11.7. The van der Waals surface area contributed by atoms with Crippen LogP contribution in [0.2, 0.25) is 0 Å². The predicted molar refractivity (Wildman–Crippen MR) is 126 cm³/mol. The molecule has 0 saturated carbocycles. The molecule has 2 atom stereocenters. The van der Waals surface area contributed by atoms with Gasteiger partial charge >= 0.3 is 12.0 Å². The maximum absolute atomic E-state index is 13.1. The summed E-state index contributed by atoms with van der Waals surface area (Å²) in [6.07, 6.45) is 0.546. The summed E-state index contributed by atoms with van der Waals surface area (Å²) in [4.78, 5) is 44.1. The summed E-state index contributed by atoms with van der Waals surface area (Å²) in [7, 11) is 1.68. The van der Waals surface area contributed by atoms with E-state index in [-0.39, 0.29) is 24.6 Å². The number of amides is 3. The minimum atomic E-state index is -0.574. The number of nitrogens with zero attached hydrogens (tertiary/aromatic N) is 3. The number of hydrogen-bond acceptors (Lipinski definition) is 5. The second-order valence-corrected chi connectivity index (χ2v) is 9.20. The highest BCUT2D eigenvalue weighted by Gasteiger charge is 2.38. The standard InChI is InChI=1S/C25H36N4O4/c1-6-33-24(31)22-20(27(5)25(32)26-23(22)19-10-8-7-9-11-19)16-28-12-13-29(18(4)15-28)21(30)14-17(2)3/h7-11,17-18,23H,6,12-16H2,1-5H3,(H,26,32).